The predicted octanol–water partition coefficient (Wildman–Crippen LogP) is 4.98. The monoisotopic (exact) mass is 393 g/mol. The van der Waals surface area contributed by atoms with Gasteiger partial charge in [-0.15, -0.1) is 4.91 Å². The summed E-state index contributed by atoms with van der Waals surface area (Å²) in [5.74, 6) is -0.977. The molecule has 0 heterocycles. The number of benzene rings is 2. The van der Waals surface area contributed by atoms with Gasteiger partial charge in [-0.25, -0.2) is 5.01 Å². The zero-order valence-electron chi connectivity index (χ0n) is 14.4. The summed E-state index contributed by atoms with van der Waals surface area (Å²) in [7, 11) is 0. The summed E-state index contributed by atoms with van der Waals surface area (Å²) in [6, 6.07) is 10.3. The number of nitroso groups, excluding NO2 is 1. The van der Waals surface area contributed by atoms with Gasteiger partial charge in [-0.2, -0.15) is 0 Å². The van der Waals surface area contributed by atoms with Crippen LogP contribution in [0.1, 0.15) is 41.5 Å². The van der Waals surface area contributed by atoms with Crippen LogP contribution in [0.4, 0.5) is 5.69 Å². The Balaban J connectivity index is 2.30. The molecule has 0 saturated heterocycles. The number of hydrogen-bond acceptors (Lipinski definition) is 4. The van der Waals surface area contributed by atoms with E-state index in [9.17, 15) is 14.5 Å². The molecule has 0 aliphatic heterocycles. The van der Waals surface area contributed by atoms with Crippen molar-refractivity contribution >= 4 is 40.7 Å². The van der Waals surface area contributed by atoms with Gasteiger partial charge in [0.25, 0.3) is 11.8 Å². The molecular formula is C18H17Cl2N3O3. The molecule has 0 atom stereocenters. The molecule has 0 saturated carbocycles. The Bertz CT molecular complexity index is 846. The molecule has 136 valence electrons. The van der Waals surface area contributed by atoms with Crippen LogP contribution >= 0.6 is 23.2 Å². The maximum absolute atomic E-state index is 12.8. The Morgan fingerprint density at radius 3 is 2.15 bits per heavy atom. The van der Waals surface area contributed by atoms with Crippen molar-refractivity contribution in [2.24, 2.45) is 5.18 Å². The number of nitrogens with one attached hydrogen (secondary N) is 1. The third kappa shape index (κ3) is 4.59. The molecule has 0 aliphatic carbocycles. The van der Waals surface area contributed by atoms with E-state index in [0.717, 1.165) is 0 Å². The van der Waals surface area contributed by atoms with Crippen LogP contribution in [0, 0.1) is 4.91 Å². The highest BCUT2D eigenvalue weighted by Gasteiger charge is 2.30. The highest BCUT2D eigenvalue weighted by atomic mass is 35.5. The summed E-state index contributed by atoms with van der Waals surface area (Å²) < 4.78 is 0. The van der Waals surface area contributed by atoms with Crippen LogP contribution in [0.25, 0.3) is 0 Å². The van der Waals surface area contributed by atoms with E-state index >= 15 is 0 Å². The highest BCUT2D eigenvalue weighted by molar-refractivity contribution is 6.36. The second-order valence-electron chi connectivity index (χ2n) is 6.51. The SMILES string of the molecule is CC(C)(C)N(NC(=O)c1ccc(Cl)cc1Cl)C(=O)c1ccc(N=O)cc1. The first kappa shape index (κ1) is 19.9. The highest BCUT2D eigenvalue weighted by Crippen LogP contribution is 2.22. The summed E-state index contributed by atoms with van der Waals surface area (Å²) in [6.45, 7) is 5.32. The van der Waals surface area contributed by atoms with Gasteiger partial charge in [0.15, 0.2) is 0 Å². The standard InChI is InChI=1S/C18H17Cl2N3O3/c1-18(2,3)23(17(25)11-4-7-13(22-26)8-5-11)21-16(24)14-9-6-12(19)10-15(14)20/h4-10H,1-3H3,(H,21,24). The number of carbonyl (C=O) groups excluding carboxylic acids is 2. The largest absolute Gasteiger partial charge is 0.272 e. The molecule has 2 aromatic rings. The van der Waals surface area contributed by atoms with Crippen molar-refractivity contribution < 1.29 is 9.59 Å². The number of rotatable bonds is 3. The van der Waals surface area contributed by atoms with E-state index in [1.807, 2.05) is 0 Å². The lowest BCUT2D eigenvalue weighted by atomic mass is 10.1. The topological polar surface area (TPSA) is 78.8 Å². The van der Waals surface area contributed by atoms with Gasteiger partial charge in [-0.05, 0) is 68.4 Å². The van der Waals surface area contributed by atoms with Crippen molar-refractivity contribution in [2.45, 2.75) is 26.3 Å². The Morgan fingerprint density at radius 1 is 1.04 bits per heavy atom. The van der Waals surface area contributed by atoms with Crippen LogP contribution in [0.15, 0.2) is 47.6 Å². The van der Waals surface area contributed by atoms with Gasteiger partial charge < -0.3 is 0 Å². The third-order valence-electron chi connectivity index (χ3n) is 3.48. The van der Waals surface area contributed by atoms with Crippen LogP contribution in [0.3, 0.4) is 0 Å². The lowest BCUT2D eigenvalue weighted by Crippen LogP contribution is -2.55. The van der Waals surface area contributed by atoms with Crippen molar-refractivity contribution in [3.05, 3.63) is 68.5 Å². The summed E-state index contributed by atoms with van der Waals surface area (Å²) in [4.78, 5) is 35.9. The Labute approximate surface area is 161 Å². The molecule has 26 heavy (non-hydrogen) atoms. The van der Waals surface area contributed by atoms with E-state index in [1.54, 1.807) is 20.8 Å². The number of carbonyl (C=O) groups is 2. The Kier molecular flexibility index (Phi) is 6.00. The second-order valence-corrected chi connectivity index (χ2v) is 7.36. The molecular weight excluding hydrogens is 377 g/mol. The molecule has 2 aromatic carbocycles. The van der Waals surface area contributed by atoms with Gasteiger partial charge in [-0.3, -0.25) is 15.0 Å². The number of hydrazine groups is 1. The summed E-state index contributed by atoms with van der Waals surface area (Å²) >= 11 is 11.9. The van der Waals surface area contributed by atoms with E-state index in [4.69, 9.17) is 23.2 Å². The van der Waals surface area contributed by atoms with E-state index in [2.05, 4.69) is 10.6 Å². The lowest BCUT2D eigenvalue weighted by Gasteiger charge is -2.35. The lowest BCUT2D eigenvalue weighted by molar-refractivity contribution is 0.0358. The van der Waals surface area contributed by atoms with Crippen LogP contribution in [-0.4, -0.2) is 22.4 Å². The molecule has 8 heteroatoms. The zero-order chi connectivity index (χ0) is 19.5. The molecule has 0 aliphatic rings. The third-order valence-corrected chi connectivity index (χ3v) is 4.03. The fourth-order valence-electron chi connectivity index (χ4n) is 2.15. The predicted molar refractivity (Wildman–Crippen MR) is 102 cm³/mol. The van der Waals surface area contributed by atoms with Crippen LogP contribution in [0.5, 0.6) is 0 Å². The van der Waals surface area contributed by atoms with Crippen LogP contribution < -0.4 is 5.43 Å². The molecule has 2 rings (SSSR count). The average molecular weight is 394 g/mol. The maximum atomic E-state index is 12.8. The first-order valence-corrected chi connectivity index (χ1v) is 8.43. The second kappa shape index (κ2) is 7.85. The first-order valence-electron chi connectivity index (χ1n) is 7.67. The molecule has 0 fully saturated rings. The minimum Gasteiger partial charge on any atom is -0.267 e. The molecule has 0 aromatic heterocycles. The van der Waals surface area contributed by atoms with Crippen molar-refractivity contribution in [2.75, 3.05) is 0 Å². The first-order chi connectivity index (χ1) is 12.1. The Hall–Kier alpha value is -2.44. The smallest absolute Gasteiger partial charge is 0.267 e. The average Bonchev–Trinajstić information content (AvgIpc) is 2.58. The van der Waals surface area contributed by atoms with Crippen molar-refractivity contribution in [3.63, 3.8) is 0 Å². The van der Waals surface area contributed by atoms with Gasteiger partial charge in [-0.1, -0.05) is 23.2 Å². The van der Waals surface area contributed by atoms with Gasteiger partial charge in [0, 0.05) is 10.6 Å². The normalized spacial score (nSPS) is 11.0. The van der Waals surface area contributed by atoms with E-state index < -0.39 is 17.4 Å². The summed E-state index contributed by atoms with van der Waals surface area (Å²) in [5, 5.41) is 4.59. The fraction of sp³-hybridized carbons (Fsp3) is 0.222. The van der Waals surface area contributed by atoms with Crippen molar-refractivity contribution in [1.29, 1.82) is 0 Å². The molecule has 0 radical (unpaired) electrons. The summed E-state index contributed by atoms with van der Waals surface area (Å²) in [5.41, 5.74) is 2.58. The molecule has 0 unspecified atom stereocenters. The van der Waals surface area contributed by atoms with Gasteiger partial charge in [0.1, 0.15) is 5.69 Å². The molecule has 0 bridgehead atoms. The quantitative estimate of drug-likeness (QED) is 0.589. The van der Waals surface area contributed by atoms with Crippen LogP contribution in [0.2, 0.25) is 10.0 Å². The van der Waals surface area contributed by atoms with Crippen molar-refractivity contribution in [1.82, 2.24) is 10.4 Å². The molecule has 0 spiro atoms. The molecule has 6 nitrogen and oxygen atoms in total. The number of nitrogens with zero attached hydrogens (tertiary/aromatic N) is 2. The summed E-state index contributed by atoms with van der Waals surface area (Å²) in [6.07, 6.45) is 0. The van der Waals surface area contributed by atoms with E-state index in [-0.39, 0.29) is 16.3 Å². The van der Waals surface area contributed by atoms with E-state index in [0.29, 0.717) is 10.6 Å². The number of halogens is 2. The maximum Gasteiger partial charge on any atom is 0.272 e. The minimum absolute atomic E-state index is 0.178. The Morgan fingerprint density at radius 2 is 1.65 bits per heavy atom. The molecule has 2 amide bonds. The van der Waals surface area contributed by atoms with Crippen LogP contribution in [-0.2, 0) is 0 Å². The number of amides is 2. The van der Waals surface area contributed by atoms with Crippen molar-refractivity contribution in [3.8, 4) is 0 Å². The fourth-order valence-corrected chi connectivity index (χ4v) is 2.65. The van der Waals surface area contributed by atoms with Gasteiger partial charge in [0.2, 0.25) is 0 Å². The molecule has 1 N–H and O–H groups in total. The number of hydrogen-bond donors (Lipinski definition) is 1. The zero-order valence-corrected chi connectivity index (χ0v) is 15.9. The van der Waals surface area contributed by atoms with E-state index in [1.165, 1.54) is 47.5 Å². The minimum atomic E-state index is -0.715. The van der Waals surface area contributed by atoms with Gasteiger partial charge >= 0.3 is 0 Å². The van der Waals surface area contributed by atoms with Gasteiger partial charge in [0.05, 0.1) is 16.1 Å².